The Hall–Kier alpha value is -2.99. The van der Waals surface area contributed by atoms with Gasteiger partial charge in [-0.05, 0) is 42.5 Å². The smallest absolute Gasteiger partial charge is 0.231 e. The van der Waals surface area contributed by atoms with Gasteiger partial charge in [0.2, 0.25) is 11.8 Å². The van der Waals surface area contributed by atoms with Gasteiger partial charge in [-0.25, -0.2) is 4.98 Å². The molecule has 0 aliphatic rings. The van der Waals surface area contributed by atoms with Gasteiger partial charge in [0.05, 0.1) is 24.9 Å². The van der Waals surface area contributed by atoms with Crippen molar-refractivity contribution in [2.45, 2.75) is 0 Å². The number of aromatic nitrogens is 2. The molecule has 6 nitrogen and oxygen atoms in total. The number of ether oxygens (including phenoxy) is 2. The van der Waals surface area contributed by atoms with Crippen molar-refractivity contribution in [1.82, 2.24) is 9.97 Å². The van der Waals surface area contributed by atoms with Crippen LogP contribution in [-0.2, 0) is 0 Å². The zero-order valence-corrected chi connectivity index (χ0v) is 14.4. The summed E-state index contributed by atoms with van der Waals surface area (Å²) in [6, 6.07) is 14.1. The van der Waals surface area contributed by atoms with E-state index in [1.807, 2.05) is 24.3 Å². The van der Waals surface area contributed by atoms with E-state index in [0.717, 1.165) is 11.3 Å². The zero-order chi connectivity index (χ0) is 17.8. The van der Waals surface area contributed by atoms with E-state index < -0.39 is 0 Å². The second-order valence-electron chi connectivity index (χ2n) is 5.14. The van der Waals surface area contributed by atoms with Crippen LogP contribution in [0.2, 0.25) is 5.02 Å². The first-order valence-corrected chi connectivity index (χ1v) is 7.80. The Kier molecular flexibility index (Phi) is 4.90. The summed E-state index contributed by atoms with van der Waals surface area (Å²) in [7, 11) is 3.15. The molecule has 25 heavy (non-hydrogen) atoms. The van der Waals surface area contributed by atoms with E-state index in [1.165, 1.54) is 6.07 Å². The van der Waals surface area contributed by atoms with E-state index in [1.54, 1.807) is 32.4 Å². The SMILES string of the molecule is COc1ccc(-c2cc(O)nc(Nc3ccc(OC)c(Cl)c3)n2)cc1. The molecule has 0 amide bonds. The van der Waals surface area contributed by atoms with Crippen LogP contribution in [0.3, 0.4) is 0 Å². The summed E-state index contributed by atoms with van der Waals surface area (Å²) < 4.78 is 10.3. The Labute approximate surface area is 150 Å². The predicted molar refractivity (Wildman–Crippen MR) is 97.0 cm³/mol. The van der Waals surface area contributed by atoms with Gasteiger partial charge >= 0.3 is 0 Å². The van der Waals surface area contributed by atoms with E-state index in [9.17, 15) is 5.11 Å². The molecular formula is C18H16ClN3O3. The van der Waals surface area contributed by atoms with Gasteiger partial charge in [-0.2, -0.15) is 4.98 Å². The second kappa shape index (κ2) is 7.27. The third-order valence-corrected chi connectivity index (χ3v) is 3.80. The highest BCUT2D eigenvalue weighted by Gasteiger charge is 2.08. The fourth-order valence-electron chi connectivity index (χ4n) is 2.27. The normalized spacial score (nSPS) is 10.4. The first-order chi connectivity index (χ1) is 12.1. The molecule has 0 bridgehead atoms. The van der Waals surface area contributed by atoms with E-state index in [-0.39, 0.29) is 11.8 Å². The van der Waals surface area contributed by atoms with Crippen molar-refractivity contribution in [3.05, 3.63) is 53.6 Å². The summed E-state index contributed by atoms with van der Waals surface area (Å²) in [6.45, 7) is 0. The molecule has 1 heterocycles. The zero-order valence-electron chi connectivity index (χ0n) is 13.7. The molecule has 0 aliphatic heterocycles. The second-order valence-corrected chi connectivity index (χ2v) is 5.55. The maximum Gasteiger partial charge on any atom is 0.231 e. The minimum atomic E-state index is -0.136. The number of nitrogens with one attached hydrogen (secondary N) is 1. The molecule has 0 atom stereocenters. The van der Waals surface area contributed by atoms with Crippen molar-refractivity contribution in [1.29, 1.82) is 0 Å². The fraction of sp³-hybridized carbons (Fsp3) is 0.111. The van der Waals surface area contributed by atoms with Crippen LogP contribution in [0.5, 0.6) is 17.4 Å². The van der Waals surface area contributed by atoms with Crippen LogP contribution in [0.1, 0.15) is 0 Å². The number of anilines is 2. The summed E-state index contributed by atoms with van der Waals surface area (Å²) in [5.74, 6) is 1.44. The molecular weight excluding hydrogens is 342 g/mol. The van der Waals surface area contributed by atoms with Gasteiger partial charge < -0.3 is 19.9 Å². The molecule has 0 fully saturated rings. The van der Waals surface area contributed by atoms with Crippen molar-refractivity contribution in [2.75, 3.05) is 19.5 Å². The molecule has 7 heteroatoms. The summed E-state index contributed by atoms with van der Waals surface area (Å²) in [5.41, 5.74) is 2.09. The summed E-state index contributed by atoms with van der Waals surface area (Å²) in [5, 5.41) is 13.4. The lowest BCUT2D eigenvalue weighted by atomic mass is 10.1. The van der Waals surface area contributed by atoms with Crippen molar-refractivity contribution >= 4 is 23.2 Å². The molecule has 2 N–H and O–H groups in total. The van der Waals surface area contributed by atoms with Gasteiger partial charge in [-0.3, -0.25) is 0 Å². The highest BCUT2D eigenvalue weighted by Crippen LogP contribution is 2.29. The first-order valence-electron chi connectivity index (χ1n) is 7.42. The largest absolute Gasteiger partial charge is 0.497 e. The molecule has 0 saturated heterocycles. The Bertz CT molecular complexity index is 885. The fourth-order valence-corrected chi connectivity index (χ4v) is 2.53. The molecule has 0 unspecified atom stereocenters. The molecule has 0 aliphatic carbocycles. The van der Waals surface area contributed by atoms with E-state index in [0.29, 0.717) is 22.2 Å². The lowest BCUT2D eigenvalue weighted by Gasteiger charge is -2.10. The van der Waals surface area contributed by atoms with E-state index >= 15 is 0 Å². The summed E-state index contributed by atoms with van der Waals surface area (Å²) >= 11 is 6.12. The number of hydrogen-bond donors (Lipinski definition) is 2. The molecule has 3 aromatic rings. The molecule has 128 valence electrons. The standard InChI is InChI=1S/C18H16ClN3O3/c1-24-13-6-3-11(4-7-13)15-10-17(23)22-18(21-15)20-12-5-8-16(25-2)14(19)9-12/h3-10H,1-2H3,(H2,20,21,22,23). The van der Waals surface area contributed by atoms with Gasteiger partial charge in [0.1, 0.15) is 11.5 Å². The van der Waals surface area contributed by atoms with Crippen LogP contribution in [0.15, 0.2) is 48.5 Å². The molecule has 0 spiro atoms. The highest BCUT2D eigenvalue weighted by atomic mass is 35.5. The van der Waals surface area contributed by atoms with Gasteiger partial charge in [0, 0.05) is 17.3 Å². The van der Waals surface area contributed by atoms with Crippen LogP contribution >= 0.6 is 11.6 Å². The van der Waals surface area contributed by atoms with Crippen LogP contribution in [0.25, 0.3) is 11.3 Å². The number of methoxy groups -OCH3 is 2. The minimum absolute atomic E-state index is 0.136. The molecule has 1 aromatic heterocycles. The van der Waals surface area contributed by atoms with E-state index in [4.69, 9.17) is 21.1 Å². The van der Waals surface area contributed by atoms with E-state index in [2.05, 4.69) is 15.3 Å². The maximum atomic E-state index is 9.91. The van der Waals surface area contributed by atoms with Gasteiger partial charge in [0.15, 0.2) is 0 Å². The third kappa shape index (κ3) is 3.92. The topological polar surface area (TPSA) is 76.5 Å². The summed E-state index contributed by atoms with van der Waals surface area (Å²) in [4.78, 5) is 8.42. The molecule has 3 rings (SSSR count). The number of benzene rings is 2. The van der Waals surface area contributed by atoms with Gasteiger partial charge in [-0.1, -0.05) is 11.6 Å². The van der Waals surface area contributed by atoms with Crippen LogP contribution in [0.4, 0.5) is 11.6 Å². The number of rotatable bonds is 5. The number of halogens is 1. The lowest BCUT2D eigenvalue weighted by molar-refractivity contribution is 0.415. The number of nitrogens with zero attached hydrogens (tertiary/aromatic N) is 2. The van der Waals surface area contributed by atoms with Crippen molar-refractivity contribution in [2.24, 2.45) is 0 Å². The highest BCUT2D eigenvalue weighted by molar-refractivity contribution is 6.32. The molecule has 0 saturated carbocycles. The van der Waals surface area contributed by atoms with Crippen LogP contribution in [-0.4, -0.2) is 29.3 Å². The quantitative estimate of drug-likeness (QED) is 0.710. The van der Waals surface area contributed by atoms with Crippen molar-refractivity contribution in [3.63, 3.8) is 0 Å². The monoisotopic (exact) mass is 357 g/mol. The third-order valence-electron chi connectivity index (χ3n) is 3.51. The minimum Gasteiger partial charge on any atom is -0.497 e. The van der Waals surface area contributed by atoms with Crippen molar-refractivity contribution in [3.8, 4) is 28.6 Å². The maximum absolute atomic E-state index is 9.91. The Morgan fingerprint density at radius 2 is 1.72 bits per heavy atom. The lowest BCUT2D eigenvalue weighted by Crippen LogP contribution is -1.99. The van der Waals surface area contributed by atoms with Gasteiger partial charge in [-0.15, -0.1) is 0 Å². The molecule has 2 aromatic carbocycles. The van der Waals surface area contributed by atoms with Crippen molar-refractivity contribution < 1.29 is 14.6 Å². The predicted octanol–water partition coefficient (Wildman–Crippen LogP) is 4.26. The molecule has 0 radical (unpaired) electrons. The number of aromatic hydroxyl groups is 1. The van der Waals surface area contributed by atoms with Crippen LogP contribution < -0.4 is 14.8 Å². The average molecular weight is 358 g/mol. The number of hydrogen-bond acceptors (Lipinski definition) is 6. The average Bonchev–Trinajstić information content (AvgIpc) is 2.61. The summed E-state index contributed by atoms with van der Waals surface area (Å²) in [6.07, 6.45) is 0. The van der Waals surface area contributed by atoms with Crippen LogP contribution in [0, 0.1) is 0 Å². The Morgan fingerprint density at radius 3 is 2.36 bits per heavy atom. The van der Waals surface area contributed by atoms with Gasteiger partial charge in [0.25, 0.3) is 0 Å². The Balaban J connectivity index is 1.89. The first kappa shape index (κ1) is 16.9. The Morgan fingerprint density at radius 1 is 0.960 bits per heavy atom.